The van der Waals surface area contributed by atoms with E-state index in [1.54, 1.807) is 0 Å². The molecule has 1 atom stereocenters. The Balaban J connectivity index is 2.21. The summed E-state index contributed by atoms with van der Waals surface area (Å²) in [5.41, 5.74) is 0. The molecule has 1 heteroatoms. The van der Waals surface area contributed by atoms with Crippen LogP contribution in [-0.2, 0) is 0 Å². The van der Waals surface area contributed by atoms with E-state index in [-0.39, 0.29) is 0 Å². The van der Waals surface area contributed by atoms with Crippen molar-refractivity contribution in [1.29, 1.82) is 0 Å². The van der Waals surface area contributed by atoms with Gasteiger partial charge in [0, 0.05) is 12.1 Å². The number of nitrogens with one attached hydrogen (secondary N) is 1. The lowest BCUT2D eigenvalue weighted by atomic mass is 9.84. The molecule has 0 heterocycles. The molecule has 0 saturated heterocycles. The van der Waals surface area contributed by atoms with Gasteiger partial charge < -0.3 is 5.32 Å². The molecule has 1 nitrogen and oxygen atoms in total. The maximum absolute atomic E-state index is 3.85. The SMILES string of the molecule is CCCC(CC)NC1CCC(CC)CC1. The van der Waals surface area contributed by atoms with Crippen LogP contribution in [-0.4, -0.2) is 12.1 Å². The lowest BCUT2D eigenvalue weighted by Crippen LogP contribution is -2.40. The smallest absolute Gasteiger partial charge is 0.00698 e. The van der Waals surface area contributed by atoms with Crippen molar-refractivity contribution in [3.05, 3.63) is 0 Å². The fraction of sp³-hybridized carbons (Fsp3) is 1.00. The van der Waals surface area contributed by atoms with Gasteiger partial charge in [0.2, 0.25) is 0 Å². The third-order valence-corrected chi connectivity index (χ3v) is 4.03. The fourth-order valence-electron chi connectivity index (χ4n) is 2.82. The molecule has 1 saturated carbocycles. The number of rotatable bonds is 6. The quantitative estimate of drug-likeness (QED) is 0.697. The minimum atomic E-state index is 0.776. The molecule has 1 N–H and O–H groups in total. The molecule has 1 fully saturated rings. The molecule has 0 aliphatic heterocycles. The van der Waals surface area contributed by atoms with Crippen LogP contribution in [0.3, 0.4) is 0 Å². The van der Waals surface area contributed by atoms with Gasteiger partial charge in [-0.1, -0.05) is 33.6 Å². The van der Waals surface area contributed by atoms with Gasteiger partial charge in [0.15, 0.2) is 0 Å². The van der Waals surface area contributed by atoms with E-state index in [4.69, 9.17) is 0 Å². The minimum Gasteiger partial charge on any atom is -0.311 e. The molecule has 1 unspecified atom stereocenters. The second-order valence-electron chi connectivity index (χ2n) is 5.19. The maximum Gasteiger partial charge on any atom is 0.00698 e. The Kier molecular flexibility index (Phi) is 6.31. The van der Waals surface area contributed by atoms with Crippen LogP contribution in [0.4, 0.5) is 0 Å². The summed E-state index contributed by atoms with van der Waals surface area (Å²) in [5.74, 6) is 1.02. The van der Waals surface area contributed by atoms with Crippen molar-refractivity contribution in [1.82, 2.24) is 5.32 Å². The molecule has 0 radical (unpaired) electrons. The standard InChI is InChI=1S/C14H29N/c1-4-7-13(6-3)15-14-10-8-12(5-2)9-11-14/h12-15H,4-11H2,1-3H3. The van der Waals surface area contributed by atoms with Crippen molar-refractivity contribution >= 4 is 0 Å². The first-order valence-corrected chi connectivity index (χ1v) is 7.06. The van der Waals surface area contributed by atoms with E-state index in [0.29, 0.717) is 0 Å². The molecule has 1 aliphatic rings. The molecule has 15 heavy (non-hydrogen) atoms. The van der Waals surface area contributed by atoms with Crippen molar-refractivity contribution in [3.8, 4) is 0 Å². The Morgan fingerprint density at radius 2 is 1.73 bits per heavy atom. The Bertz CT molecular complexity index is 147. The molecule has 0 aromatic rings. The topological polar surface area (TPSA) is 12.0 Å². The fourth-order valence-corrected chi connectivity index (χ4v) is 2.82. The van der Waals surface area contributed by atoms with Gasteiger partial charge in [-0.05, 0) is 44.4 Å². The zero-order chi connectivity index (χ0) is 11.1. The predicted molar refractivity (Wildman–Crippen MR) is 68.2 cm³/mol. The van der Waals surface area contributed by atoms with E-state index in [1.165, 1.54) is 51.4 Å². The van der Waals surface area contributed by atoms with E-state index in [1.807, 2.05) is 0 Å². The van der Waals surface area contributed by atoms with Gasteiger partial charge in [-0.25, -0.2) is 0 Å². The summed E-state index contributed by atoms with van der Waals surface area (Å²) in [5, 5.41) is 3.85. The second kappa shape index (κ2) is 7.27. The van der Waals surface area contributed by atoms with Crippen LogP contribution < -0.4 is 5.32 Å². The van der Waals surface area contributed by atoms with Gasteiger partial charge >= 0.3 is 0 Å². The van der Waals surface area contributed by atoms with Crippen LogP contribution in [0.1, 0.15) is 72.1 Å². The Labute approximate surface area is 96.0 Å². The van der Waals surface area contributed by atoms with E-state index in [2.05, 4.69) is 26.1 Å². The van der Waals surface area contributed by atoms with Crippen LogP contribution in [0, 0.1) is 5.92 Å². The first-order chi connectivity index (χ1) is 7.30. The van der Waals surface area contributed by atoms with E-state index in [0.717, 1.165) is 18.0 Å². The zero-order valence-corrected chi connectivity index (χ0v) is 10.9. The van der Waals surface area contributed by atoms with Crippen molar-refractivity contribution in [2.45, 2.75) is 84.2 Å². The molecule has 90 valence electrons. The summed E-state index contributed by atoms with van der Waals surface area (Å²) >= 11 is 0. The normalized spacial score (nSPS) is 29.0. The molecule has 0 bridgehead atoms. The van der Waals surface area contributed by atoms with Crippen molar-refractivity contribution < 1.29 is 0 Å². The molecular formula is C14H29N. The second-order valence-corrected chi connectivity index (χ2v) is 5.19. The lowest BCUT2D eigenvalue weighted by molar-refractivity contribution is 0.262. The molecule has 1 rings (SSSR count). The highest BCUT2D eigenvalue weighted by atomic mass is 14.9. The molecular weight excluding hydrogens is 182 g/mol. The summed E-state index contributed by atoms with van der Waals surface area (Å²) < 4.78 is 0. The highest BCUT2D eigenvalue weighted by molar-refractivity contribution is 4.79. The highest BCUT2D eigenvalue weighted by Crippen LogP contribution is 2.27. The Morgan fingerprint density at radius 3 is 2.20 bits per heavy atom. The monoisotopic (exact) mass is 211 g/mol. The van der Waals surface area contributed by atoms with Gasteiger partial charge in [0.25, 0.3) is 0 Å². The largest absolute Gasteiger partial charge is 0.311 e. The summed E-state index contributed by atoms with van der Waals surface area (Å²) in [6.45, 7) is 6.94. The van der Waals surface area contributed by atoms with Gasteiger partial charge in [-0.2, -0.15) is 0 Å². The molecule has 0 spiro atoms. The Hall–Kier alpha value is -0.0400. The van der Waals surface area contributed by atoms with Crippen LogP contribution >= 0.6 is 0 Å². The van der Waals surface area contributed by atoms with Crippen LogP contribution in [0.5, 0.6) is 0 Å². The van der Waals surface area contributed by atoms with Gasteiger partial charge in [-0.15, -0.1) is 0 Å². The van der Waals surface area contributed by atoms with E-state index < -0.39 is 0 Å². The summed E-state index contributed by atoms with van der Waals surface area (Å²) in [6.07, 6.45) is 11.1. The van der Waals surface area contributed by atoms with Crippen molar-refractivity contribution in [2.75, 3.05) is 0 Å². The molecule has 0 amide bonds. The first-order valence-electron chi connectivity index (χ1n) is 7.06. The third kappa shape index (κ3) is 4.55. The number of hydrogen-bond acceptors (Lipinski definition) is 1. The predicted octanol–water partition coefficient (Wildman–Crippen LogP) is 4.12. The average Bonchev–Trinajstić information content (AvgIpc) is 2.29. The average molecular weight is 211 g/mol. The zero-order valence-electron chi connectivity index (χ0n) is 10.9. The lowest BCUT2D eigenvalue weighted by Gasteiger charge is -2.31. The highest BCUT2D eigenvalue weighted by Gasteiger charge is 2.21. The van der Waals surface area contributed by atoms with E-state index >= 15 is 0 Å². The molecule has 0 aromatic carbocycles. The number of hydrogen-bond donors (Lipinski definition) is 1. The Morgan fingerprint density at radius 1 is 1.07 bits per heavy atom. The maximum atomic E-state index is 3.85. The minimum absolute atomic E-state index is 0.776. The van der Waals surface area contributed by atoms with Gasteiger partial charge in [0.1, 0.15) is 0 Å². The molecule has 1 aliphatic carbocycles. The van der Waals surface area contributed by atoms with Gasteiger partial charge in [0.05, 0.1) is 0 Å². The van der Waals surface area contributed by atoms with Crippen LogP contribution in [0.25, 0.3) is 0 Å². The summed E-state index contributed by atoms with van der Waals surface area (Å²) in [4.78, 5) is 0. The van der Waals surface area contributed by atoms with Gasteiger partial charge in [-0.3, -0.25) is 0 Å². The van der Waals surface area contributed by atoms with Crippen molar-refractivity contribution in [3.63, 3.8) is 0 Å². The van der Waals surface area contributed by atoms with Crippen LogP contribution in [0.15, 0.2) is 0 Å². The van der Waals surface area contributed by atoms with Crippen molar-refractivity contribution in [2.24, 2.45) is 5.92 Å². The van der Waals surface area contributed by atoms with E-state index in [9.17, 15) is 0 Å². The van der Waals surface area contributed by atoms with Crippen LogP contribution in [0.2, 0.25) is 0 Å². The summed E-state index contributed by atoms with van der Waals surface area (Å²) in [6, 6.07) is 1.60. The first kappa shape index (κ1) is 13.0. The summed E-state index contributed by atoms with van der Waals surface area (Å²) in [7, 11) is 0. The third-order valence-electron chi connectivity index (χ3n) is 4.03. The molecule has 0 aromatic heterocycles.